The van der Waals surface area contributed by atoms with Crippen LogP contribution >= 0.6 is 0 Å². The van der Waals surface area contributed by atoms with Gasteiger partial charge in [-0.05, 0) is 37.6 Å². The summed E-state index contributed by atoms with van der Waals surface area (Å²) >= 11 is 0. The Morgan fingerprint density at radius 3 is 2.53 bits per heavy atom. The van der Waals surface area contributed by atoms with E-state index in [1.165, 1.54) is 0 Å². The normalized spacial score (nSPS) is 12.1. The molecule has 0 aliphatic carbocycles. The average Bonchev–Trinajstić information content (AvgIpc) is 2.37. The maximum Gasteiger partial charge on any atom is 0.246 e. The highest BCUT2D eigenvalue weighted by Crippen LogP contribution is 2.20. The van der Waals surface area contributed by atoms with Crippen molar-refractivity contribution in [3.05, 3.63) is 29.8 Å². The van der Waals surface area contributed by atoms with Gasteiger partial charge < -0.3 is 5.73 Å². The predicted molar refractivity (Wildman–Crippen MR) is 69.1 cm³/mol. The highest BCUT2D eigenvalue weighted by molar-refractivity contribution is 7.89. The first-order valence-electron chi connectivity index (χ1n) is 6.08. The van der Waals surface area contributed by atoms with Crippen LogP contribution in [0, 0.1) is 11.6 Å². The minimum absolute atomic E-state index is 0.197. The molecule has 1 aromatic rings. The molecule has 0 amide bonds. The number of hydrogen-bond donors (Lipinski definition) is 1. The molecule has 0 atom stereocenters. The summed E-state index contributed by atoms with van der Waals surface area (Å²) in [6.45, 7) is 2.59. The summed E-state index contributed by atoms with van der Waals surface area (Å²) in [6, 6.07) is 2.41. The van der Waals surface area contributed by atoms with Gasteiger partial charge >= 0.3 is 0 Å². The van der Waals surface area contributed by atoms with E-state index in [0.717, 1.165) is 16.4 Å². The first-order valence-corrected chi connectivity index (χ1v) is 7.52. The molecule has 0 radical (unpaired) electrons. The van der Waals surface area contributed by atoms with Crippen molar-refractivity contribution in [3.63, 3.8) is 0 Å². The highest BCUT2D eigenvalue weighted by Gasteiger charge is 2.26. The Balaban J connectivity index is 3.14. The van der Waals surface area contributed by atoms with Crippen molar-refractivity contribution in [2.75, 3.05) is 19.6 Å². The summed E-state index contributed by atoms with van der Waals surface area (Å²) in [4.78, 5) is -0.627. The molecular formula is C12H18F2N2O2S. The fraction of sp³-hybridized carbons (Fsp3) is 0.500. The van der Waals surface area contributed by atoms with Crippen LogP contribution in [0.2, 0.25) is 0 Å². The number of sulfonamides is 1. The number of benzene rings is 1. The molecule has 2 N–H and O–H groups in total. The smallest absolute Gasteiger partial charge is 0.246 e. The summed E-state index contributed by atoms with van der Waals surface area (Å²) in [5.74, 6) is -1.73. The van der Waals surface area contributed by atoms with Crippen molar-refractivity contribution in [2.24, 2.45) is 5.73 Å². The Morgan fingerprint density at radius 2 is 1.95 bits per heavy atom. The van der Waals surface area contributed by atoms with Crippen LogP contribution in [0.5, 0.6) is 0 Å². The fourth-order valence-corrected chi connectivity index (χ4v) is 3.33. The van der Waals surface area contributed by atoms with Crippen LogP contribution in [0.25, 0.3) is 0 Å². The van der Waals surface area contributed by atoms with Gasteiger partial charge in [-0.3, -0.25) is 0 Å². The lowest BCUT2D eigenvalue weighted by Crippen LogP contribution is -2.34. The summed E-state index contributed by atoms with van der Waals surface area (Å²) < 4.78 is 52.4. The zero-order valence-corrected chi connectivity index (χ0v) is 11.6. The zero-order chi connectivity index (χ0) is 14.5. The molecule has 19 heavy (non-hydrogen) atoms. The number of halogens is 2. The van der Waals surface area contributed by atoms with Gasteiger partial charge in [-0.1, -0.05) is 6.92 Å². The summed E-state index contributed by atoms with van der Waals surface area (Å²) in [5, 5.41) is 0. The first kappa shape index (κ1) is 16.0. The molecule has 7 heteroatoms. The summed E-state index contributed by atoms with van der Waals surface area (Å²) in [6.07, 6.45) is 1.05. The second-order valence-corrected chi connectivity index (χ2v) is 6.03. The standard InChI is InChI=1S/C12H18F2N2O2S/c1-2-7-16(8-3-6-15)19(17,18)12-9-10(13)4-5-11(12)14/h4-5,9H,2-3,6-8,15H2,1H3. The van der Waals surface area contributed by atoms with E-state index < -0.39 is 26.6 Å². The van der Waals surface area contributed by atoms with Gasteiger partial charge in [0, 0.05) is 13.1 Å². The van der Waals surface area contributed by atoms with Crippen LogP contribution in [0.3, 0.4) is 0 Å². The molecule has 4 nitrogen and oxygen atoms in total. The van der Waals surface area contributed by atoms with Crippen molar-refractivity contribution < 1.29 is 17.2 Å². The molecule has 0 unspecified atom stereocenters. The van der Waals surface area contributed by atoms with Crippen LogP contribution in [-0.4, -0.2) is 32.4 Å². The topological polar surface area (TPSA) is 63.4 Å². The van der Waals surface area contributed by atoms with E-state index in [1.54, 1.807) is 0 Å². The van der Waals surface area contributed by atoms with E-state index in [2.05, 4.69) is 0 Å². The van der Waals surface area contributed by atoms with Crippen molar-refractivity contribution in [2.45, 2.75) is 24.7 Å². The van der Waals surface area contributed by atoms with Crippen LogP contribution in [0.15, 0.2) is 23.1 Å². The lowest BCUT2D eigenvalue weighted by Gasteiger charge is -2.21. The molecular weight excluding hydrogens is 274 g/mol. The SMILES string of the molecule is CCCN(CCCN)S(=O)(=O)c1cc(F)ccc1F. The van der Waals surface area contributed by atoms with Crippen molar-refractivity contribution >= 4 is 10.0 Å². The van der Waals surface area contributed by atoms with Crippen molar-refractivity contribution in [3.8, 4) is 0 Å². The van der Waals surface area contributed by atoms with E-state index >= 15 is 0 Å². The average molecular weight is 292 g/mol. The van der Waals surface area contributed by atoms with E-state index in [0.29, 0.717) is 25.5 Å². The molecule has 1 rings (SSSR count). The Morgan fingerprint density at radius 1 is 1.26 bits per heavy atom. The molecule has 0 aliphatic heterocycles. The molecule has 108 valence electrons. The van der Waals surface area contributed by atoms with Crippen LogP contribution in [0.1, 0.15) is 19.8 Å². The third-order valence-corrected chi connectivity index (χ3v) is 4.51. The number of hydrogen-bond acceptors (Lipinski definition) is 3. The van der Waals surface area contributed by atoms with Gasteiger partial charge in [0.2, 0.25) is 10.0 Å². The Hall–Kier alpha value is -1.05. The minimum atomic E-state index is -4.03. The zero-order valence-electron chi connectivity index (χ0n) is 10.8. The van der Waals surface area contributed by atoms with Gasteiger partial charge in [0.1, 0.15) is 16.5 Å². The molecule has 0 saturated carbocycles. The van der Waals surface area contributed by atoms with Crippen LogP contribution < -0.4 is 5.73 Å². The minimum Gasteiger partial charge on any atom is -0.330 e. The molecule has 0 saturated heterocycles. The Labute approximate surface area is 112 Å². The van der Waals surface area contributed by atoms with E-state index in [4.69, 9.17) is 5.73 Å². The maximum atomic E-state index is 13.6. The predicted octanol–water partition coefficient (Wildman–Crippen LogP) is 1.71. The van der Waals surface area contributed by atoms with Gasteiger partial charge in [0.25, 0.3) is 0 Å². The lowest BCUT2D eigenvalue weighted by atomic mass is 10.3. The molecule has 0 aromatic heterocycles. The van der Waals surface area contributed by atoms with E-state index in [-0.39, 0.29) is 13.1 Å². The number of nitrogens with zero attached hydrogens (tertiary/aromatic N) is 1. The maximum absolute atomic E-state index is 13.6. The van der Waals surface area contributed by atoms with Gasteiger partial charge in [0.15, 0.2) is 0 Å². The van der Waals surface area contributed by atoms with Gasteiger partial charge in [0.05, 0.1) is 0 Å². The summed E-state index contributed by atoms with van der Waals surface area (Å²) in [5.41, 5.74) is 5.35. The Kier molecular flexibility index (Phi) is 5.84. The van der Waals surface area contributed by atoms with Gasteiger partial charge in [-0.25, -0.2) is 17.2 Å². The largest absolute Gasteiger partial charge is 0.330 e. The van der Waals surface area contributed by atoms with Crippen LogP contribution in [-0.2, 0) is 10.0 Å². The lowest BCUT2D eigenvalue weighted by molar-refractivity contribution is 0.402. The van der Waals surface area contributed by atoms with Gasteiger partial charge in [-0.15, -0.1) is 0 Å². The number of nitrogens with two attached hydrogens (primary N) is 1. The van der Waals surface area contributed by atoms with E-state index in [9.17, 15) is 17.2 Å². The second-order valence-electron chi connectivity index (χ2n) is 4.12. The molecule has 1 aromatic carbocycles. The van der Waals surface area contributed by atoms with Crippen molar-refractivity contribution in [1.82, 2.24) is 4.31 Å². The third-order valence-electron chi connectivity index (χ3n) is 2.60. The molecule has 0 bridgehead atoms. The van der Waals surface area contributed by atoms with Crippen molar-refractivity contribution in [1.29, 1.82) is 0 Å². The van der Waals surface area contributed by atoms with Gasteiger partial charge in [-0.2, -0.15) is 4.31 Å². The summed E-state index contributed by atoms with van der Waals surface area (Å²) in [7, 11) is -4.03. The Bertz CT molecular complexity index is 520. The fourth-order valence-electron chi connectivity index (χ4n) is 1.68. The second kappa shape index (κ2) is 6.93. The number of rotatable bonds is 7. The van der Waals surface area contributed by atoms with E-state index in [1.807, 2.05) is 6.92 Å². The monoisotopic (exact) mass is 292 g/mol. The third kappa shape index (κ3) is 3.95. The molecule has 0 aliphatic rings. The molecule has 0 fully saturated rings. The highest BCUT2D eigenvalue weighted by atomic mass is 32.2. The first-order chi connectivity index (χ1) is 8.93. The molecule has 0 heterocycles. The van der Waals surface area contributed by atoms with Crippen LogP contribution in [0.4, 0.5) is 8.78 Å². The quantitative estimate of drug-likeness (QED) is 0.832. The molecule has 0 spiro atoms.